The fourth-order valence-corrected chi connectivity index (χ4v) is 8.90. The van der Waals surface area contributed by atoms with Crippen LogP contribution in [0.4, 0.5) is 0 Å². The quantitative estimate of drug-likeness (QED) is 0.0238. The number of hydrogen-bond acceptors (Lipinski definition) is 7. The summed E-state index contributed by atoms with van der Waals surface area (Å²) in [7, 11) is -4.42. The third-order valence-corrected chi connectivity index (χ3v) is 13.3. The van der Waals surface area contributed by atoms with Crippen LogP contribution in [0.15, 0.2) is 24.3 Å². The zero-order chi connectivity index (χ0) is 47.4. The maximum atomic E-state index is 12.2. The number of rotatable bonds is 53. The van der Waals surface area contributed by atoms with Gasteiger partial charge in [-0.05, 0) is 64.2 Å². The number of esters is 1. The number of unbranched alkanes of at least 4 members (excludes halogenated alkanes) is 36. The molecular formula is C55H106NO8P. The minimum atomic E-state index is -4.42. The first kappa shape index (κ1) is 63.5. The molecule has 384 valence electrons. The normalized spacial score (nSPS) is 13.2. The minimum Gasteiger partial charge on any atom is -0.463 e. The number of aliphatic hydroxyl groups excluding tert-OH is 1. The van der Waals surface area contributed by atoms with Crippen molar-refractivity contribution in [1.82, 2.24) is 5.32 Å². The lowest BCUT2D eigenvalue weighted by atomic mass is 10.0. The van der Waals surface area contributed by atoms with Gasteiger partial charge in [-0.2, -0.15) is 0 Å². The molecular weight excluding hydrogens is 834 g/mol. The Balaban J connectivity index is 3.51. The summed E-state index contributed by atoms with van der Waals surface area (Å²) in [5.41, 5.74) is 0. The predicted molar refractivity (Wildman–Crippen MR) is 275 cm³/mol. The maximum Gasteiger partial charge on any atom is 0.472 e. The molecule has 0 aromatic rings. The number of nitrogens with one attached hydrogen (secondary N) is 1. The Hall–Kier alpha value is -1.51. The number of allylic oxidation sites excluding steroid dienone is 4. The Morgan fingerprint density at radius 2 is 0.785 bits per heavy atom. The van der Waals surface area contributed by atoms with Crippen LogP contribution in [0, 0.1) is 0 Å². The van der Waals surface area contributed by atoms with Gasteiger partial charge in [0.15, 0.2) is 0 Å². The molecule has 0 rings (SSSR count). The summed E-state index contributed by atoms with van der Waals surface area (Å²) >= 11 is 0. The highest BCUT2D eigenvalue weighted by Crippen LogP contribution is 2.42. The molecule has 0 aromatic heterocycles. The lowest BCUT2D eigenvalue weighted by Gasteiger charge is -2.15. The van der Waals surface area contributed by atoms with Crippen molar-refractivity contribution in [3.63, 3.8) is 0 Å². The summed E-state index contributed by atoms with van der Waals surface area (Å²) in [6.07, 6.45) is 59.8. The molecule has 1 amide bonds. The average molecular weight is 940 g/mol. The van der Waals surface area contributed by atoms with Crippen molar-refractivity contribution in [3.8, 4) is 0 Å². The second-order valence-electron chi connectivity index (χ2n) is 18.9. The van der Waals surface area contributed by atoms with Crippen LogP contribution in [0.3, 0.4) is 0 Å². The van der Waals surface area contributed by atoms with Crippen molar-refractivity contribution in [2.45, 2.75) is 290 Å². The molecule has 10 heteroatoms. The van der Waals surface area contributed by atoms with E-state index in [0.717, 1.165) is 38.5 Å². The van der Waals surface area contributed by atoms with Gasteiger partial charge < -0.3 is 20.1 Å². The molecule has 9 nitrogen and oxygen atoms in total. The third kappa shape index (κ3) is 53.3. The first-order valence-electron chi connectivity index (χ1n) is 27.8. The van der Waals surface area contributed by atoms with Gasteiger partial charge in [-0.15, -0.1) is 0 Å². The first-order valence-corrected chi connectivity index (χ1v) is 29.3. The molecule has 3 N–H and O–H groups in total. The van der Waals surface area contributed by atoms with Crippen molar-refractivity contribution < 1.29 is 37.9 Å². The number of carbonyl (C=O) groups is 2. The largest absolute Gasteiger partial charge is 0.472 e. The van der Waals surface area contributed by atoms with Gasteiger partial charge in [0.1, 0.15) is 12.7 Å². The Morgan fingerprint density at radius 1 is 0.462 bits per heavy atom. The standard InChI is InChI=1S/C55H106NO8P/c1-3-5-7-9-11-13-15-17-19-21-23-25-26-28-30-32-34-36-38-40-42-44-46-48-55(59)62-51-53(57)52-64-65(60,61)63-50-49-56-54(58)47-45-43-41-39-37-35-33-31-29-27-24-22-20-18-16-14-12-10-8-6-4-2/h17-20,53,57H,3-16,21-52H2,1-2H3,(H,56,58)(H,60,61)/b19-17+,20-18+. The minimum absolute atomic E-state index is 0.0843. The third-order valence-electron chi connectivity index (χ3n) is 12.4. The fourth-order valence-electron chi connectivity index (χ4n) is 8.14. The smallest absolute Gasteiger partial charge is 0.463 e. The van der Waals surface area contributed by atoms with Gasteiger partial charge in [0, 0.05) is 19.4 Å². The number of phosphoric acid groups is 1. The molecule has 65 heavy (non-hydrogen) atoms. The molecule has 0 spiro atoms. The van der Waals surface area contributed by atoms with E-state index < -0.39 is 26.5 Å². The molecule has 0 radical (unpaired) electrons. The molecule has 0 heterocycles. The van der Waals surface area contributed by atoms with Crippen molar-refractivity contribution >= 4 is 19.7 Å². The SMILES string of the molecule is CCCCCCCC/C=C/CCCCCCCCCCCCCCCC(=O)OCC(O)COP(=O)(O)OCCNC(=O)CCCCCCCCCCCCC/C=C/CCCCCCCC. The van der Waals surface area contributed by atoms with E-state index in [-0.39, 0.29) is 32.1 Å². The van der Waals surface area contributed by atoms with Crippen molar-refractivity contribution in [2.75, 3.05) is 26.4 Å². The number of carbonyl (C=O) groups excluding carboxylic acids is 2. The van der Waals surface area contributed by atoms with Gasteiger partial charge >= 0.3 is 13.8 Å². The van der Waals surface area contributed by atoms with Crippen molar-refractivity contribution in [2.24, 2.45) is 0 Å². The highest BCUT2D eigenvalue weighted by molar-refractivity contribution is 7.47. The monoisotopic (exact) mass is 940 g/mol. The van der Waals surface area contributed by atoms with Gasteiger partial charge in [0.05, 0.1) is 13.2 Å². The molecule has 0 aromatic carbocycles. The Bertz CT molecular complexity index is 1120. The second kappa shape index (κ2) is 51.9. The molecule has 0 saturated carbocycles. The van der Waals surface area contributed by atoms with Crippen LogP contribution in [0.2, 0.25) is 0 Å². The molecule has 0 aliphatic rings. The highest BCUT2D eigenvalue weighted by atomic mass is 31.2. The van der Waals surface area contributed by atoms with Crippen molar-refractivity contribution in [1.29, 1.82) is 0 Å². The van der Waals surface area contributed by atoms with Gasteiger partial charge in [0.2, 0.25) is 5.91 Å². The van der Waals surface area contributed by atoms with E-state index in [2.05, 4.69) is 43.5 Å². The average Bonchev–Trinajstić information content (AvgIpc) is 3.29. The van der Waals surface area contributed by atoms with Crippen LogP contribution >= 0.6 is 7.82 Å². The van der Waals surface area contributed by atoms with E-state index in [1.807, 2.05) is 0 Å². The molecule has 0 bridgehead atoms. The van der Waals surface area contributed by atoms with E-state index in [1.165, 1.54) is 218 Å². The van der Waals surface area contributed by atoms with Gasteiger partial charge in [0.25, 0.3) is 0 Å². The Labute approximate surface area is 401 Å². The predicted octanol–water partition coefficient (Wildman–Crippen LogP) is 16.7. The number of ether oxygens (including phenoxy) is 1. The van der Waals surface area contributed by atoms with Crippen LogP contribution in [0.25, 0.3) is 0 Å². The molecule has 2 unspecified atom stereocenters. The van der Waals surface area contributed by atoms with E-state index in [9.17, 15) is 24.2 Å². The molecule has 2 atom stereocenters. The highest BCUT2D eigenvalue weighted by Gasteiger charge is 2.23. The molecule has 0 aliphatic carbocycles. The van der Waals surface area contributed by atoms with E-state index in [1.54, 1.807) is 0 Å². The number of aliphatic hydroxyl groups is 1. The summed E-state index contributed by atoms with van der Waals surface area (Å²) in [6, 6.07) is 0. The Morgan fingerprint density at radius 3 is 1.15 bits per heavy atom. The lowest BCUT2D eigenvalue weighted by molar-refractivity contribution is -0.147. The summed E-state index contributed by atoms with van der Waals surface area (Å²) in [5, 5.41) is 12.8. The zero-order valence-corrected chi connectivity index (χ0v) is 43.6. The van der Waals surface area contributed by atoms with E-state index in [0.29, 0.717) is 6.42 Å². The number of amides is 1. The molecule has 0 saturated heterocycles. The molecule has 0 aliphatic heterocycles. The van der Waals surface area contributed by atoms with Crippen LogP contribution in [0.5, 0.6) is 0 Å². The maximum absolute atomic E-state index is 12.2. The van der Waals surface area contributed by atoms with Crippen LogP contribution < -0.4 is 5.32 Å². The van der Waals surface area contributed by atoms with E-state index in [4.69, 9.17) is 13.8 Å². The Kier molecular flexibility index (Phi) is 50.7. The summed E-state index contributed by atoms with van der Waals surface area (Å²) < 4.78 is 27.0. The fraction of sp³-hybridized carbons (Fsp3) is 0.891. The van der Waals surface area contributed by atoms with Crippen LogP contribution in [0.1, 0.15) is 284 Å². The zero-order valence-electron chi connectivity index (χ0n) is 42.7. The van der Waals surface area contributed by atoms with Gasteiger partial charge in [-0.1, -0.05) is 231 Å². The van der Waals surface area contributed by atoms with Gasteiger partial charge in [-0.25, -0.2) is 4.57 Å². The van der Waals surface area contributed by atoms with Gasteiger partial charge in [-0.3, -0.25) is 18.6 Å². The number of hydrogen-bond donors (Lipinski definition) is 3. The summed E-state index contributed by atoms with van der Waals surface area (Å²) in [6.45, 7) is 3.60. The first-order chi connectivity index (χ1) is 31.8. The molecule has 0 fully saturated rings. The summed E-state index contributed by atoms with van der Waals surface area (Å²) in [4.78, 5) is 34.1. The van der Waals surface area contributed by atoms with Crippen molar-refractivity contribution in [3.05, 3.63) is 24.3 Å². The van der Waals surface area contributed by atoms with E-state index >= 15 is 0 Å². The topological polar surface area (TPSA) is 131 Å². The number of phosphoric ester groups is 1. The lowest BCUT2D eigenvalue weighted by Crippen LogP contribution is -2.27. The second-order valence-corrected chi connectivity index (χ2v) is 20.4. The van der Waals surface area contributed by atoms with Crippen LogP contribution in [-0.4, -0.2) is 54.3 Å². The summed E-state index contributed by atoms with van der Waals surface area (Å²) in [5.74, 6) is -0.505. The van der Waals surface area contributed by atoms with Crippen LogP contribution in [-0.2, 0) is 27.9 Å².